The number of carbonyl (C=O) groups is 1. The van der Waals surface area contributed by atoms with Gasteiger partial charge in [-0.15, -0.1) is 0 Å². The van der Waals surface area contributed by atoms with E-state index < -0.39 is 6.08 Å². The third-order valence-corrected chi connectivity index (χ3v) is 0.691. The monoisotopic (exact) mass is 114 g/mol. The Balaban J connectivity index is 3.00. The molecule has 0 bridgehead atoms. The molecule has 0 radical (unpaired) electrons. The molecule has 1 N–H and O–H groups in total. The largest absolute Gasteiger partial charge is 0.312 e. The Labute approximate surface area is 44.6 Å². The predicted octanol–water partition coefficient (Wildman–Crippen LogP) is 0.361. The highest BCUT2D eigenvalue weighted by Gasteiger charge is 1.93. The van der Waals surface area contributed by atoms with Crippen molar-refractivity contribution < 1.29 is 9.18 Å². The second-order valence-electron chi connectivity index (χ2n) is 1.25. The fraction of sp³-hybridized carbons (Fsp3) is 0. The molecule has 0 amide bonds. The molecule has 1 aromatic rings. The number of hydrogen-bond donors (Lipinski definition) is 1. The highest BCUT2D eigenvalue weighted by atomic mass is 19.1. The van der Waals surface area contributed by atoms with E-state index in [9.17, 15) is 9.18 Å². The molecule has 1 rings (SSSR count). The van der Waals surface area contributed by atoms with Crippen LogP contribution in [0.3, 0.4) is 0 Å². The van der Waals surface area contributed by atoms with Crippen molar-refractivity contribution in [2.45, 2.75) is 0 Å². The number of halogens is 1. The van der Waals surface area contributed by atoms with Crippen LogP contribution >= 0.6 is 0 Å². The second-order valence-corrected chi connectivity index (χ2v) is 1.25. The highest BCUT2D eigenvalue weighted by molar-refractivity contribution is 5.70. The third kappa shape index (κ3) is 0.726. The Kier molecular flexibility index (Phi) is 1.07. The van der Waals surface area contributed by atoms with E-state index in [1.807, 2.05) is 0 Å². The van der Waals surface area contributed by atoms with Gasteiger partial charge in [0.1, 0.15) is 5.69 Å². The molecule has 3 nitrogen and oxygen atoms in total. The van der Waals surface area contributed by atoms with Crippen molar-refractivity contribution in [3.63, 3.8) is 0 Å². The molecule has 42 valence electrons. The SMILES string of the molecule is O=Cc1cnc(F)[nH]1. The summed E-state index contributed by atoms with van der Waals surface area (Å²) in [4.78, 5) is 15.0. The van der Waals surface area contributed by atoms with Gasteiger partial charge in [-0.3, -0.25) is 4.79 Å². The van der Waals surface area contributed by atoms with Gasteiger partial charge >= 0.3 is 0 Å². The van der Waals surface area contributed by atoms with Gasteiger partial charge in [0, 0.05) is 0 Å². The molecule has 0 aliphatic rings. The number of nitrogens with zero attached hydrogens (tertiary/aromatic N) is 1. The molecule has 0 fully saturated rings. The molecule has 0 spiro atoms. The molecule has 1 heterocycles. The Hall–Kier alpha value is -1.19. The van der Waals surface area contributed by atoms with Gasteiger partial charge in [-0.1, -0.05) is 0 Å². The van der Waals surface area contributed by atoms with Crippen LogP contribution in [0.1, 0.15) is 10.5 Å². The third-order valence-electron chi connectivity index (χ3n) is 0.691. The van der Waals surface area contributed by atoms with Gasteiger partial charge in [-0.05, 0) is 0 Å². The van der Waals surface area contributed by atoms with Crippen LogP contribution in [-0.4, -0.2) is 16.3 Å². The van der Waals surface area contributed by atoms with Crippen molar-refractivity contribution in [3.8, 4) is 0 Å². The van der Waals surface area contributed by atoms with Crippen LogP contribution in [0.15, 0.2) is 6.20 Å². The zero-order valence-electron chi connectivity index (χ0n) is 3.89. The van der Waals surface area contributed by atoms with Crippen molar-refractivity contribution in [2.24, 2.45) is 0 Å². The first-order valence-electron chi connectivity index (χ1n) is 1.98. The van der Waals surface area contributed by atoms with E-state index in [0.29, 0.717) is 6.29 Å². The van der Waals surface area contributed by atoms with Crippen LogP contribution in [0.2, 0.25) is 0 Å². The summed E-state index contributed by atoms with van der Waals surface area (Å²) in [7, 11) is 0. The molecular weight excluding hydrogens is 111 g/mol. The standard InChI is InChI=1S/C4H3FN2O/c5-4-6-1-3(2-8)7-4/h1-2H,(H,6,7). The molecule has 0 atom stereocenters. The summed E-state index contributed by atoms with van der Waals surface area (Å²) in [6, 6.07) is 0. The van der Waals surface area contributed by atoms with Gasteiger partial charge in [0.15, 0.2) is 6.29 Å². The molecule has 0 saturated heterocycles. The lowest BCUT2D eigenvalue weighted by molar-refractivity contribution is 0.111. The summed E-state index contributed by atoms with van der Waals surface area (Å²) in [6.07, 6.45) is 0.894. The van der Waals surface area contributed by atoms with Gasteiger partial charge in [-0.2, -0.15) is 4.39 Å². The van der Waals surface area contributed by atoms with Crippen LogP contribution in [0.4, 0.5) is 4.39 Å². The average Bonchev–Trinajstić information content (AvgIpc) is 2.14. The van der Waals surface area contributed by atoms with Gasteiger partial charge in [-0.25, -0.2) is 4.98 Å². The lowest BCUT2D eigenvalue weighted by Gasteiger charge is -1.70. The first kappa shape index (κ1) is 4.96. The van der Waals surface area contributed by atoms with Crippen LogP contribution in [0.25, 0.3) is 0 Å². The van der Waals surface area contributed by atoms with Gasteiger partial charge in [0.2, 0.25) is 0 Å². The smallest absolute Gasteiger partial charge is 0.287 e. The summed E-state index contributed by atoms with van der Waals surface area (Å²) in [5, 5.41) is 0. The van der Waals surface area contributed by atoms with Gasteiger partial charge in [0.25, 0.3) is 6.08 Å². The number of hydrogen-bond acceptors (Lipinski definition) is 2. The molecule has 4 heteroatoms. The zero-order valence-corrected chi connectivity index (χ0v) is 3.89. The Morgan fingerprint density at radius 2 is 2.62 bits per heavy atom. The number of aromatic nitrogens is 2. The van der Waals surface area contributed by atoms with Crippen molar-refractivity contribution in [3.05, 3.63) is 18.0 Å². The first-order valence-corrected chi connectivity index (χ1v) is 1.98. The van der Waals surface area contributed by atoms with E-state index in [-0.39, 0.29) is 5.69 Å². The molecule has 0 unspecified atom stereocenters. The number of carbonyl (C=O) groups excluding carboxylic acids is 1. The maximum atomic E-state index is 11.8. The van der Waals surface area contributed by atoms with Crippen molar-refractivity contribution >= 4 is 6.29 Å². The molecule has 0 aromatic carbocycles. The average molecular weight is 114 g/mol. The molecule has 0 saturated carbocycles. The maximum Gasteiger partial charge on any atom is 0.287 e. The van der Waals surface area contributed by atoms with Crippen molar-refractivity contribution in [1.29, 1.82) is 0 Å². The lowest BCUT2D eigenvalue weighted by Crippen LogP contribution is -1.77. The van der Waals surface area contributed by atoms with Crippen molar-refractivity contribution in [2.75, 3.05) is 0 Å². The molecule has 1 aromatic heterocycles. The number of aromatic amines is 1. The van der Waals surface area contributed by atoms with E-state index >= 15 is 0 Å². The van der Waals surface area contributed by atoms with Gasteiger partial charge < -0.3 is 4.98 Å². The molecule has 8 heavy (non-hydrogen) atoms. The number of H-pyrrole nitrogens is 1. The summed E-state index contributed by atoms with van der Waals surface area (Å²) < 4.78 is 11.8. The predicted molar refractivity (Wildman–Crippen MR) is 23.9 cm³/mol. The van der Waals surface area contributed by atoms with E-state index in [0.717, 1.165) is 6.20 Å². The maximum absolute atomic E-state index is 11.8. The second kappa shape index (κ2) is 1.73. The summed E-state index contributed by atoms with van der Waals surface area (Å²) in [5.41, 5.74) is 0.155. The minimum absolute atomic E-state index is 0.155. The van der Waals surface area contributed by atoms with E-state index in [2.05, 4.69) is 9.97 Å². The summed E-state index contributed by atoms with van der Waals surface area (Å²) in [5.74, 6) is 0. The van der Waals surface area contributed by atoms with E-state index in [1.54, 1.807) is 0 Å². The Morgan fingerprint density at radius 1 is 1.88 bits per heavy atom. The topological polar surface area (TPSA) is 45.8 Å². The molecular formula is C4H3FN2O. The van der Waals surface area contributed by atoms with Crippen molar-refractivity contribution in [1.82, 2.24) is 9.97 Å². The number of rotatable bonds is 1. The Bertz CT molecular complexity index is 196. The quantitative estimate of drug-likeness (QED) is 0.536. The normalized spacial score (nSPS) is 9.12. The van der Waals surface area contributed by atoms with Crippen LogP contribution in [0, 0.1) is 6.08 Å². The number of nitrogens with one attached hydrogen (secondary N) is 1. The lowest BCUT2D eigenvalue weighted by atomic mass is 10.6. The fourth-order valence-corrected chi connectivity index (χ4v) is 0.370. The van der Waals surface area contributed by atoms with Crippen LogP contribution in [0.5, 0.6) is 0 Å². The number of imidazole rings is 1. The van der Waals surface area contributed by atoms with Crippen LogP contribution in [-0.2, 0) is 0 Å². The fourth-order valence-electron chi connectivity index (χ4n) is 0.370. The molecule has 0 aliphatic carbocycles. The minimum Gasteiger partial charge on any atom is -0.312 e. The highest BCUT2D eigenvalue weighted by Crippen LogP contribution is 1.88. The van der Waals surface area contributed by atoms with E-state index in [4.69, 9.17) is 0 Å². The zero-order chi connectivity index (χ0) is 5.98. The summed E-state index contributed by atoms with van der Waals surface area (Å²) in [6.45, 7) is 0. The summed E-state index contributed by atoms with van der Waals surface area (Å²) >= 11 is 0. The van der Waals surface area contributed by atoms with E-state index in [1.165, 1.54) is 0 Å². The first-order chi connectivity index (χ1) is 3.83. The van der Waals surface area contributed by atoms with Crippen LogP contribution < -0.4 is 0 Å². The minimum atomic E-state index is -0.730. The van der Waals surface area contributed by atoms with Gasteiger partial charge in [0.05, 0.1) is 6.20 Å². The Morgan fingerprint density at radius 3 is 2.88 bits per heavy atom. The molecule has 0 aliphatic heterocycles. The number of aldehydes is 1.